The zero-order valence-electron chi connectivity index (χ0n) is 20.0. The first kappa shape index (κ1) is 24.9. The van der Waals surface area contributed by atoms with Crippen LogP contribution in [0.1, 0.15) is 21.5 Å². The molecular weight excluding hydrogens is 492 g/mol. The summed E-state index contributed by atoms with van der Waals surface area (Å²) in [5, 5.41) is 10.5. The van der Waals surface area contributed by atoms with Crippen LogP contribution in [0.5, 0.6) is 11.5 Å². The average Bonchev–Trinajstić information content (AvgIpc) is 3.32. The summed E-state index contributed by atoms with van der Waals surface area (Å²) in [5.41, 5.74) is 9.34. The van der Waals surface area contributed by atoms with Crippen LogP contribution in [0.25, 0.3) is 16.5 Å². The second-order valence-corrected chi connectivity index (χ2v) is 9.64. The Labute approximate surface area is 219 Å². The standard InChI is InChI=1S/C29H27ClN2O5/c30-24-13-18(6-7-22(24)29(31)35)19-12-23(28-27(14-19)36-9-10-37-28)26(34)8-5-17(16-33)11-20-15-32-25-4-2-1-3-21(20)25/h1-8,12-15,17,22,24,32-33H,9-11,16H2,(H2,31,35)/b8-5-/t17-,22?,24?/m1/s1. The molecule has 1 aliphatic heterocycles. The molecule has 2 heterocycles. The van der Waals surface area contributed by atoms with E-state index in [0.29, 0.717) is 42.3 Å². The number of aliphatic hydroxyl groups is 1. The van der Waals surface area contributed by atoms with Crippen molar-refractivity contribution in [3.63, 3.8) is 0 Å². The van der Waals surface area contributed by atoms with Crippen molar-refractivity contribution in [2.45, 2.75) is 11.8 Å². The fourth-order valence-electron chi connectivity index (χ4n) is 4.68. The van der Waals surface area contributed by atoms with E-state index in [2.05, 4.69) is 4.98 Å². The van der Waals surface area contributed by atoms with Crippen molar-refractivity contribution < 1.29 is 24.2 Å². The van der Waals surface area contributed by atoms with Gasteiger partial charge in [-0.15, -0.1) is 11.6 Å². The van der Waals surface area contributed by atoms with Crippen LogP contribution < -0.4 is 15.2 Å². The minimum Gasteiger partial charge on any atom is -0.486 e. The molecule has 7 nitrogen and oxygen atoms in total. The molecule has 5 rings (SSSR count). The number of allylic oxidation sites excluding steroid dienone is 4. The third-order valence-electron chi connectivity index (χ3n) is 6.65. The predicted octanol–water partition coefficient (Wildman–Crippen LogP) is 4.19. The molecule has 37 heavy (non-hydrogen) atoms. The lowest BCUT2D eigenvalue weighted by Gasteiger charge is -2.23. The van der Waals surface area contributed by atoms with Gasteiger partial charge in [-0.1, -0.05) is 42.5 Å². The van der Waals surface area contributed by atoms with Crippen molar-refractivity contribution in [2.75, 3.05) is 19.8 Å². The molecule has 2 unspecified atom stereocenters. The van der Waals surface area contributed by atoms with E-state index in [1.807, 2.05) is 30.5 Å². The topological polar surface area (TPSA) is 115 Å². The number of aliphatic hydroxyl groups excluding tert-OH is 1. The fourth-order valence-corrected chi connectivity index (χ4v) is 5.03. The highest BCUT2D eigenvalue weighted by atomic mass is 35.5. The van der Waals surface area contributed by atoms with Crippen molar-refractivity contribution >= 4 is 39.8 Å². The largest absolute Gasteiger partial charge is 0.486 e. The van der Waals surface area contributed by atoms with Crippen LogP contribution in [0.4, 0.5) is 0 Å². The monoisotopic (exact) mass is 518 g/mol. The van der Waals surface area contributed by atoms with E-state index in [9.17, 15) is 14.7 Å². The summed E-state index contributed by atoms with van der Waals surface area (Å²) in [6.45, 7) is 0.605. The maximum Gasteiger partial charge on any atom is 0.226 e. The lowest BCUT2D eigenvalue weighted by Crippen LogP contribution is -2.29. The molecule has 2 aliphatic rings. The predicted molar refractivity (Wildman–Crippen MR) is 143 cm³/mol. The highest BCUT2D eigenvalue weighted by Crippen LogP contribution is 2.39. The summed E-state index contributed by atoms with van der Waals surface area (Å²) in [6, 6.07) is 11.5. The quantitative estimate of drug-likeness (QED) is 0.235. The van der Waals surface area contributed by atoms with Gasteiger partial charge < -0.3 is 25.3 Å². The number of ketones is 1. The summed E-state index contributed by atoms with van der Waals surface area (Å²) < 4.78 is 11.6. The van der Waals surface area contributed by atoms with Gasteiger partial charge in [0.1, 0.15) is 13.2 Å². The Balaban J connectivity index is 1.41. The Bertz CT molecular complexity index is 1440. The normalized spacial score (nSPS) is 19.7. The number of hydrogen-bond acceptors (Lipinski definition) is 5. The molecular formula is C29H27ClN2O5. The molecule has 1 amide bonds. The molecule has 0 spiro atoms. The highest BCUT2D eigenvalue weighted by molar-refractivity contribution is 6.24. The van der Waals surface area contributed by atoms with Crippen molar-refractivity contribution in [3.05, 3.63) is 89.7 Å². The first-order chi connectivity index (χ1) is 17.9. The van der Waals surface area contributed by atoms with Crippen LogP contribution in [0.2, 0.25) is 0 Å². The number of rotatable bonds is 8. The minimum atomic E-state index is -0.598. The number of aromatic amines is 1. The second-order valence-electron chi connectivity index (χ2n) is 9.13. The third-order valence-corrected chi connectivity index (χ3v) is 7.04. The van der Waals surface area contributed by atoms with Gasteiger partial charge in [-0.3, -0.25) is 9.59 Å². The van der Waals surface area contributed by atoms with Crippen LogP contribution in [-0.2, 0) is 11.2 Å². The van der Waals surface area contributed by atoms with E-state index in [1.165, 1.54) is 6.08 Å². The van der Waals surface area contributed by atoms with Crippen LogP contribution in [0, 0.1) is 11.8 Å². The van der Waals surface area contributed by atoms with E-state index in [-0.39, 0.29) is 18.3 Å². The van der Waals surface area contributed by atoms with Crippen molar-refractivity contribution in [3.8, 4) is 11.5 Å². The van der Waals surface area contributed by atoms with Crippen LogP contribution in [0.3, 0.4) is 0 Å². The van der Waals surface area contributed by atoms with Crippen molar-refractivity contribution in [1.29, 1.82) is 0 Å². The second kappa shape index (κ2) is 10.7. The first-order valence-electron chi connectivity index (χ1n) is 12.1. The van der Waals surface area contributed by atoms with Gasteiger partial charge in [0.05, 0.1) is 16.9 Å². The first-order valence-corrected chi connectivity index (χ1v) is 12.5. The number of fused-ring (bicyclic) bond motifs is 2. The third kappa shape index (κ3) is 5.19. The number of hydrogen-bond donors (Lipinski definition) is 3. The van der Waals surface area contributed by atoms with Crippen LogP contribution in [-0.4, -0.2) is 47.0 Å². The number of nitrogens with one attached hydrogen (secondary N) is 1. The number of nitrogens with two attached hydrogens (primary N) is 1. The lowest BCUT2D eigenvalue weighted by molar-refractivity contribution is -0.120. The number of halogens is 1. The molecule has 3 atom stereocenters. The molecule has 0 bridgehead atoms. The summed E-state index contributed by atoms with van der Waals surface area (Å²) in [7, 11) is 0. The molecule has 8 heteroatoms. The zero-order chi connectivity index (χ0) is 25.9. The molecule has 3 aromatic rings. The number of carbonyl (C=O) groups excluding carboxylic acids is 2. The molecule has 2 aromatic carbocycles. The van der Waals surface area contributed by atoms with Gasteiger partial charge in [-0.25, -0.2) is 0 Å². The Kier molecular flexibility index (Phi) is 7.17. The maximum atomic E-state index is 13.4. The van der Waals surface area contributed by atoms with Gasteiger partial charge in [0, 0.05) is 29.6 Å². The van der Waals surface area contributed by atoms with Crippen molar-refractivity contribution in [1.82, 2.24) is 4.98 Å². The zero-order valence-corrected chi connectivity index (χ0v) is 20.8. The van der Waals surface area contributed by atoms with Crippen LogP contribution >= 0.6 is 11.6 Å². The van der Waals surface area contributed by atoms with E-state index in [1.54, 1.807) is 36.4 Å². The number of H-pyrrole nitrogens is 1. The maximum absolute atomic E-state index is 13.4. The number of alkyl halides is 1. The van der Waals surface area contributed by atoms with Crippen molar-refractivity contribution in [2.24, 2.45) is 17.6 Å². The molecule has 0 radical (unpaired) electrons. The van der Waals surface area contributed by atoms with Gasteiger partial charge in [-0.2, -0.15) is 0 Å². The van der Waals surface area contributed by atoms with Gasteiger partial charge in [-0.05, 0) is 47.4 Å². The van der Waals surface area contributed by atoms with Gasteiger partial charge in [0.25, 0.3) is 0 Å². The average molecular weight is 519 g/mol. The van der Waals surface area contributed by atoms with Crippen LogP contribution in [0.15, 0.2) is 73.0 Å². The Hall–Kier alpha value is -3.81. The van der Waals surface area contributed by atoms with E-state index in [4.69, 9.17) is 26.8 Å². The molecule has 0 saturated carbocycles. The number of amides is 1. The highest BCUT2D eigenvalue weighted by Gasteiger charge is 2.26. The van der Waals surface area contributed by atoms with Gasteiger partial charge in [0.2, 0.25) is 5.91 Å². The Morgan fingerprint density at radius 2 is 2.03 bits per heavy atom. The Morgan fingerprint density at radius 3 is 2.81 bits per heavy atom. The smallest absolute Gasteiger partial charge is 0.226 e. The van der Waals surface area contributed by atoms with Gasteiger partial charge >= 0.3 is 0 Å². The Morgan fingerprint density at radius 1 is 1.22 bits per heavy atom. The number of primary amides is 1. The molecule has 190 valence electrons. The lowest BCUT2D eigenvalue weighted by atomic mass is 9.90. The number of benzene rings is 2. The van der Waals surface area contributed by atoms with Gasteiger partial charge in [0.15, 0.2) is 17.3 Å². The number of ether oxygens (including phenoxy) is 2. The minimum absolute atomic E-state index is 0.100. The van der Waals surface area contributed by atoms with E-state index in [0.717, 1.165) is 22.0 Å². The summed E-state index contributed by atoms with van der Waals surface area (Å²) in [4.78, 5) is 28.2. The number of carbonyl (C=O) groups is 2. The molecule has 1 aromatic heterocycles. The van der Waals surface area contributed by atoms with E-state index >= 15 is 0 Å². The SMILES string of the molecule is NC(=O)C1C=CC(c2cc3c(c(C(=O)/C=C\[C@@H](CO)Cc4c[nH]c5ccccc45)c2)OCCO3)=CC1Cl. The molecule has 1 aliphatic carbocycles. The molecule has 0 fully saturated rings. The number of para-hydroxylation sites is 1. The van der Waals surface area contributed by atoms with E-state index < -0.39 is 17.2 Å². The summed E-state index contributed by atoms with van der Waals surface area (Å²) >= 11 is 6.37. The summed E-state index contributed by atoms with van der Waals surface area (Å²) in [5.74, 6) is -0.750. The molecule has 0 saturated heterocycles. The molecule has 4 N–H and O–H groups in total. The fraction of sp³-hybridized carbons (Fsp3) is 0.241. The summed E-state index contributed by atoms with van der Waals surface area (Å²) in [6.07, 6.45) is 10.9. The number of aromatic nitrogens is 1.